The Bertz CT molecular complexity index is 419. The average molecular weight is 277 g/mol. The zero-order valence-electron chi connectivity index (χ0n) is 12.0. The van der Waals surface area contributed by atoms with Crippen molar-refractivity contribution in [2.24, 2.45) is 4.99 Å². The summed E-state index contributed by atoms with van der Waals surface area (Å²) < 4.78 is 0. The second-order valence-corrected chi connectivity index (χ2v) is 5.94. The van der Waals surface area contributed by atoms with Gasteiger partial charge in [-0.3, -0.25) is 10.0 Å². The molecule has 3 nitrogen and oxygen atoms in total. The second kappa shape index (κ2) is 6.96. The summed E-state index contributed by atoms with van der Waals surface area (Å²) in [6.07, 6.45) is 1.16. The highest BCUT2D eigenvalue weighted by molar-refractivity contribution is 7.99. The highest BCUT2D eigenvalue weighted by atomic mass is 32.2. The summed E-state index contributed by atoms with van der Waals surface area (Å²) in [5, 5.41) is 4.75. The molecule has 104 valence electrons. The van der Waals surface area contributed by atoms with Gasteiger partial charge in [0, 0.05) is 11.4 Å². The molecule has 1 heterocycles. The van der Waals surface area contributed by atoms with E-state index in [1.54, 1.807) is 0 Å². The molecular weight excluding hydrogens is 254 g/mol. The summed E-state index contributed by atoms with van der Waals surface area (Å²) in [6, 6.07) is 11.0. The largest absolute Gasteiger partial charge is 0.291 e. The lowest BCUT2D eigenvalue weighted by Gasteiger charge is -2.33. The van der Waals surface area contributed by atoms with Crippen molar-refractivity contribution >= 4 is 17.6 Å². The van der Waals surface area contributed by atoms with Gasteiger partial charge in [-0.15, -0.1) is 11.8 Å². The van der Waals surface area contributed by atoms with Crippen molar-refractivity contribution in [3.05, 3.63) is 30.3 Å². The molecule has 4 heteroatoms. The number of aliphatic imine (C=N–C) groups is 1. The molecule has 1 atom stereocenters. The number of hydrogen-bond acceptors (Lipinski definition) is 4. The van der Waals surface area contributed by atoms with Gasteiger partial charge in [0.1, 0.15) is 5.84 Å². The molecule has 1 aromatic carbocycles. The van der Waals surface area contributed by atoms with Crippen molar-refractivity contribution < 1.29 is 0 Å². The van der Waals surface area contributed by atoms with Crippen LogP contribution < -0.4 is 0 Å². The van der Waals surface area contributed by atoms with E-state index in [1.165, 1.54) is 4.90 Å². The van der Waals surface area contributed by atoms with Crippen LogP contribution >= 0.6 is 11.8 Å². The molecule has 0 fully saturated rings. The Hall–Kier alpha value is -1.00. The quantitative estimate of drug-likeness (QED) is 0.586. The predicted octanol–water partition coefficient (Wildman–Crippen LogP) is 3.49. The predicted molar refractivity (Wildman–Crippen MR) is 83.4 cm³/mol. The van der Waals surface area contributed by atoms with E-state index in [1.807, 2.05) is 11.8 Å². The van der Waals surface area contributed by atoms with Gasteiger partial charge >= 0.3 is 0 Å². The lowest BCUT2D eigenvalue weighted by Crippen LogP contribution is -2.44. The van der Waals surface area contributed by atoms with Gasteiger partial charge in [-0.2, -0.15) is 0 Å². The average Bonchev–Trinajstić information content (AvgIpc) is 2.75. The van der Waals surface area contributed by atoms with Crippen LogP contribution in [0.25, 0.3) is 0 Å². The van der Waals surface area contributed by atoms with Gasteiger partial charge in [0.2, 0.25) is 0 Å². The minimum absolute atomic E-state index is 0.418. The van der Waals surface area contributed by atoms with Gasteiger partial charge in [0.25, 0.3) is 0 Å². The summed E-state index contributed by atoms with van der Waals surface area (Å²) in [4.78, 5) is 5.94. The molecule has 0 saturated heterocycles. The molecule has 0 radical (unpaired) electrons. The Morgan fingerprint density at radius 3 is 2.68 bits per heavy atom. The molecule has 0 N–H and O–H groups in total. The fraction of sp³-hybridized carbons (Fsp3) is 0.533. The van der Waals surface area contributed by atoms with Crippen LogP contribution in [0.2, 0.25) is 0 Å². The van der Waals surface area contributed by atoms with Crippen molar-refractivity contribution in [1.29, 1.82) is 0 Å². The maximum absolute atomic E-state index is 4.62. The van der Waals surface area contributed by atoms with Gasteiger partial charge in [-0.05, 0) is 32.4 Å². The molecule has 1 unspecified atom stereocenters. The maximum atomic E-state index is 4.62. The van der Waals surface area contributed by atoms with Crippen molar-refractivity contribution in [1.82, 2.24) is 10.0 Å². The Labute approximate surface area is 120 Å². The van der Waals surface area contributed by atoms with E-state index in [9.17, 15) is 0 Å². The topological polar surface area (TPSA) is 18.8 Å². The third kappa shape index (κ3) is 3.98. The van der Waals surface area contributed by atoms with Gasteiger partial charge in [-0.1, -0.05) is 25.1 Å². The molecule has 0 aromatic heterocycles. The first-order valence-electron chi connectivity index (χ1n) is 6.95. The van der Waals surface area contributed by atoms with Gasteiger partial charge in [-0.25, -0.2) is 5.01 Å². The standard InChI is InChI=1S/C15H23N3S/c1-4-10-17(18-11-13(2)16-14(18)3)12-19-15-8-6-5-7-9-15/h5-9,13H,4,10-12H2,1-3H3. The lowest BCUT2D eigenvalue weighted by atomic mass is 10.4. The van der Waals surface area contributed by atoms with E-state index in [0.717, 1.165) is 31.2 Å². The number of nitrogens with zero attached hydrogens (tertiary/aromatic N) is 3. The molecule has 1 aromatic rings. The Kier molecular flexibility index (Phi) is 5.28. The number of thioether (sulfide) groups is 1. The number of benzene rings is 1. The molecule has 0 spiro atoms. The van der Waals surface area contributed by atoms with Crippen molar-refractivity contribution in [2.45, 2.75) is 38.1 Å². The van der Waals surface area contributed by atoms with E-state index < -0.39 is 0 Å². The molecule has 19 heavy (non-hydrogen) atoms. The number of rotatable bonds is 6. The van der Waals surface area contributed by atoms with Crippen LogP contribution in [0.4, 0.5) is 0 Å². The smallest absolute Gasteiger partial charge is 0.111 e. The zero-order valence-corrected chi connectivity index (χ0v) is 12.9. The van der Waals surface area contributed by atoms with Crippen LogP contribution in [0, 0.1) is 0 Å². The summed E-state index contributed by atoms with van der Waals surface area (Å²) in [5.41, 5.74) is 0. The maximum Gasteiger partial charge on any atom is 0.111 e. The fourth-order valence-corrected chi connectivity index (χ4v) is 3.22. The van der Waals surface area contributed by atoms with Gasteiger partial charge < -0.3 is 0 Å². The Morgan fingerprint density at radius 2 is 2.11 bits per heavy atom. The molecule has 0 bridgehead atoms. The van der Waals surface area contributed by atoms with E-state index in [2.05, 4.69) is 66.1 Å². The summed E-state index contributed by atoms with van der Waals surface area (Å²) in [7, 11) is 0. The summed E-state index contributed by atoms with van der Waals surface area (Å²) >= 11 is 1.89. The SMILES string of the molecule is CCCN(CSc1ccccc1)N1CC(C)N=C1C. The molecule has 2 rings (SSSR count). The van der Waals surface area contributed by atoms with Crippen molar-refractivity contribution in [3.63, 3.8) is 0 Å². The van der Waals surface area contributed by atoms with E-state index in [4.69, 9.17) is 0 Å². The third-order valence-corrected chi connectivity index (χ3v) is 4.20. The number of hydrogen-bond donors (Lipinski definition) is 0. The molecule has 0 saturated carbocycles. The molecule has 0 aliphatic carbocycles. The Balaban J connectivity index is 1.95. The van der Waals surface area contributed by atoms with Crippen LogP contribution in [-0.2, 0) is 0 Å². The number of hydrazine groups is 1. The first-order chi connectivity index (χ1) is 9.20. The van der Waals surface area contributed by atoms with Crippen molar-refractivity contribution in [2.75, 3.05) is 19.0 Å². The molecule has 1 aliphatic heterocycles. The normalized spacial score (nSPS) is 19.1. The highest BCUT2D eigenvalue weighted by Gasteiger charge is 2.24. The van der Waals surface area contributed by atoms with Crippen LogP contribution in [0.3, 0.4) is 0 Å². The lowest BCUT2D eigenvalue weighted by molar-refractivity contribution is 0.0749. The van der Waals surface area contributed by atoms with Crippen LogP contribution in [0.15, 0.2) is 40.2 Å². The van der Waals surface area contributed by atoms with Gasteiger partial charge in [0.05, 0.1) is 18.5 Å². The third-order valence-electron chi connectivity index (χ3n) is 3.16. The first kappa shape index (κ1) is 14.4. The van der Waals surface area contributed by atoms with Crippen molar-refractivity contribution in [3.8, 4) is 0 Å². The molecular formula is C15H23N3S. The van der Waals surface area contributed by atoms with Crippen LogP contribution in [0.5, 0.6) is 0 Å². The summed E-state index contributed by atoms with van der Waals surface area (Å²) in [5.74, 6) is 2.13. The van der Waals surface area contributed by atoms with E-state index >= 15 is 0 Å². The van der Waals surface area contributed by atoms with Crippen LogP contribution in [-0.4, -0.2) is 40.9 Å². The molecule has 1 aliphatic rings. The fourth-order valence-electron chi connectivity index (χ4n) is 2.31. The van der Waals surface area contributed by atoms with Crippen LogP contribution in [0.1, 0.15) is 27.2 Å². The number of amidine groups is 1. The Morgan fingerprint density at radius 1 is 1.37 bits per heavy atom. The highest BCUT2D eigenvalue weighted by Crippen LogP contribution is 2.21. The van der Waals surface area contributed by atoms with E-state index in [0.29, 0.717) is 6.04 Å². The second-order valence-electron chi connectivity index (χ2n) is 4.92. The monoisotopic (exact) mass is 277 g/mol. The first-order valence-corrected chi connectivity index (χ1v) is 7.94. The summed E-state index contributed by atoms with van der Waals surface area (Å²) in [6.45, 7) is 8.62. The van der Waals surface area contributed by atoms with Gasteiger partial charge in [0.15, 0.2) is 0 Å². The van der Waals surface area contributed by atoms with E-state index in [-0.39, 0.29) is 0 Å². The minimum Gasteiger partial charge on any atom is -0.291 e. The minimum atomic E-state index is 0.418. The molecule has 0 amide bonds. The zero-order chi connectivity index (χ0) is 13.7.